The second-order valence-electron chi connectivity index (χ2n) is 5.79. The van der Waals surface area contributed by atoms with E-state index in [2.05, 4.69) is 5.32 Å². The molecule has 0 aromatic heterocycles. The fourth-order valence-corrected chi connectivity index (χ4v) is 2.12. The maximum Gasteiger partial charge on any atom is 0.314 e. The molecule has 0 spiro atoms. The zero-order valence-corrected chi connectivity index (χ0v) is 11.3. The van der Waals surface area contributed by atoms with Gasteiger partial charge >= 0.3 is 5.97 Å². The van der Waals surface area contributed by atoms with Crippen LogP contribution in [0.5, 0.6) is 0 Å². The first kappa shape index (κ1) is 13.6. The first-order chi connectivity index (χ1) is 8.86. The van der Waals surface area contributed by atoms with Gasteiger partial charge in [0.25, 0.3) is 0 Å². The normalized spacial score (nSPS) is 19.3. The summed E-state index contributed by atoms with van der Waals surface area (Å²) in [6.07, 6.45) is 1.89. The first-order valence-electron chi connectivity index (χ1n) is 6.46. The van der Waals surface area contributed by atoms with Crippen LogP contribution in [0, 0.1) is 0 Å². The molecule has 4 nitrogen and oxygen atoms in total. The van der Waals surface area contributed by atoms with Gasteiger partial charge in [0.15, 0.2) is 0 Å². The van der Waals surface area contributed by atoms with Gasteiger partial charge in [-0.3, -0.25) is 9.59 Å². The van der Waals surface area contributed by atoms with Crippen LogP contribution in [0.3, 0.4) is 0 Å². The third-order valence-electron chi connectivity index (χ3n) is 3.84. The molecule has 19 heavy (non-hydrogen) atoms. The molecule has 1 fully saturated rings. The molecule has 4 heteroatoms. The van der Waals surface area contributed by atoms with Crippen LogP contribution < -0.4 is 5.32 Å². The van der Waals surface area contributed by atoms with E-state index in [0.29, 0.717) is 5.56 Å². The Bertz CT molecular complexity index is 493. The highest BCUT2D eigenvalue weighted by Crippen LogP contribution is 2.35. The summed E-state index contributed by atoms with van der Waals surface area (Å²) in [6.45, 7) is 3.57. The lowest BCUT2D eigenvalue weighted by molar-refractivity contribution is -0.145. The molecule has 2 N–H and O–H groups in total. The molecule has 1 aliphatic rings. The van der Waals surface area contributed by atoms with Crippen LogP contribution in [-0.2, 0) is 15.0 Å². The van der Waals surface area contributed by atoms with Crippen LogP contribution in [0.15, 0.2) is 30.3 Å². The van der Waals surface area contributed by atoms with Gasteiger partial charge in [0.2, 0.25) is 5.91 Å². The predicted octanol–water partition coefficient (Wildman–Crippen LogP) is 2.09. The van der Waals surface area contributed by atoms with Gasteiger partial charge in [0, 0.05) is 12.0 Å². The van der Waals surface area contributed by atoms with Crippen LogP contribution in [0.25, 0.3) is 0 Å². The van der Waals surface area contributed by atoms with E-state index in [1.807, 2.05) is 13.0 Å². The maximum atomic E-state index is 12.0. The fourth-order valence-electron chi connectivity index (χ4n) is 2.12. The van der Waals surface area contributed by atoms with Crippen molar-refractivity contribution >= 4 is 11.9 Å². The van der Waals surface area contributed by atoms with Gasteiger partial charge in [-0.2, -0.15) is 0 Å². The molecule has 1 amide bonds. The first-order valence-corrected chi connectivity index (χ1v) is 6.46. The van der Waals surface area contributed by atoms with E-state index in [4.69, 9.17) is 0 Å². The zero-order chi connectivity index (χ0) is 14.1. The summed E-state index contributed by atoms with van der Waals surface area (Å²) in [5.74, 6) is -1.18. The molecular weight excluding hydrogens is 242 g/mol. The number of carbonyl (C=O) groups excluding carboxylic acids is 1. The summed E-state index contributed by atoms with van der Waals surface area (Å²) in [6, 6.07) is 8.91. The number of hydrogen-bond donors (Lipinski definition) is 2. The third kappa shape index (κ3) is 2.95. The number of carboxylic acids is 1. The van der Waals surface area contributed by atoms with E-state index >= 15 is 0 Å². The van der Waals surface area contributed by atoms with E-state index in [9.17, 15) is 14.7 Å². The Kier molecular flexibility index (Phi) is 3.35. The minimum atomic E-state index is -1.18. The van der Waals surface area contributed by atoms with Gasteiger partial charge in [0.1, 0.15) is 0 Å². The second-order valence-corrected chi connectivity index (χ2v) is 5.79. The molecule has 0 heterocycles. The van der Waals surface area contributed by atoms with Crippen molar-refractivity contribution in [1.82, 2.24) is 5.32 Å². The topological polar surface area (TPSA) is 66.4 Å². The summed E-state index contributed by atoms with van der Waals surface area (Å²) in [4.78, 5) is 23.6. The lowest BCUT2D eigenvalue weighted by atomic mass is 9.79. The Morgan fingerprint density at radius 3 is 2.37 bits per heavy atom. The average molecular weight is 261 g/mol. The molecule has 0 aliphatic heterocycles. The van der Waals surface area contributed by atoms with Crippen LogP contribution in [0.2, 0.25) is 0 Å². The molecule has 2 rings (SSSR count). The molecule has 102 valence electrons. The number of nitrogens with one attached hydrogen (secondary N) is 1. The van der Waals surface area contributed by atoms with Crippen LogP contribution in [-0.4, -0.2) is 22.5 Å². The highest BCUT2D eigenvalue weighted by molar-refractivity contribution is 5.89. The quantitative estimate of drug-likeness (QED) is 0.853. The molecule has 0 radical (unpaired) electrons. The lowest BCUT2D eigenvalue weighted by Crippen LogP contribution is -2.42. The Balaban J connectivity index is 2.16. The standard InChI is InChI=1S/C15H19NO3/c1-14(8-9-14)16-12(17)10-15(2,13(18)19)11-6-4-3-5-7-11/h3-7H,8-10H2,1-2H3,(H,16,17)(H,18,19). The number of carbonyl (C=O) groups is 2. The van der Waals surface area contributed by atoms with E-state index in [-0.39, 0.29) is 17.9 Å². The van der Waals surface area contributed by atoms with Crippen LogP contribution >= 0.6 is 0 Å². The smallest absolute Gasteiger partial charge is 0.314 e. The minimum Gasteiger partial charge on any atom is -0.481 e. The Hall–Kier alpha value is -1.84. The SMILES string of the molecule is CC1(NC(=O)CC(C)(C(=O)O)c2ccccc2)CC1. The van der Waals surface area contributed by atoms with E-state index in [1.165, 1.54) is 0 Å². The number of rotatable bonds is 5. The molecule has 1 aromatic rings. The van der Waals surface area contributed by atoms with Gasteiger partial charge in [-0.05, 0) is 32.3 Å². The summed E-state index contributed by atoms with van der Waals surface area (Å²) >= 11 is 0. The Morgan fingerprint density at radius 1 is 1.32 bits per heavy atom. The molecule has 1 aliphatic carbocycles. The zero-order valence-electron chi connectivity index (χ0n) is 11.3. The molecule has 0 bridgehead atoms. The van der Waals surface area contributed by atoms with Crippen molar-refractivity contribution in [1.29, 1.82) is 0 Å². The Labute approximate surface area is 112 Å². The lowest BCUT2D eigenvalue weighted by Gasteiger charge is -2.25. The number of aliphatic carboxylic acids is 1. The monoisotopic (exact) mass is 261 g/mol. The van der Waals surface area contributed by atoms with E-state index in [1.54, 1.807) is 31.2 Å². The molecule has 1 saturated carbocycles. The van der Waals surface area contributed by atoms with Crippen molar-refractivity contribution in [2.45, 2.75) is 44.1 Å². The van der Waals surface area contributed by atoms with Crippen LogP contribution in [0.4, 0.5) is 0 Å². The van der Waals surface area contributed by atoms with Crippen LogP contribution in [0.1, 0.15) is 38.7 Å². The van der Waals surface area contributed by atoms with Crippen molar-refractivity contribution in [3.05, 3.63) is 35.9 Å². The number of benzene rings is 1. The summed E-state index contributed by atoms with van der Waals surface area (Å²) < 4.78 is 0. The second kappa shape index (κ2) is 4.68. The van der Waals surface area contributed by atoms with Crippen molar-refractivity contribution in [3.63, 3.8) is 0 Å². The van der Waals surface area contributed by atoms with Crippen molar-refractivity contribution in [2.75, 3.05) is 0 Å². The Morgan fingerprint density at radius 2 is 1.89 bits per heavy atom. The van der Waals surface area contributed by atoms with Gasteiger partial charge in [-0.15, -0.1) is 0 Å². The highest BCUT2D eigenvalue weighted by atomic mass is 16.4. The number of amides is 1. The molecule has 1 unspecified atom stereocenters. The summed E-state index contributed by atoms with van der Waals surface area (Å²) in [5.41, 5.74) is -0.650. The van der Waals surface area contributed by atoms with Gasteiger partial charge in [0.05, 0.1) is 5.41 Å². The molecule has 1 atom stereocenters. The van der Waals surface area contributed by atoms with Gasteiger partial charge in [-0.1, -0.05) is 30.3 Å². The van der Waals surface area contributed by atoms with Gasteiger partial charge < -0.3 is 10.4 Å². The minimum absolute atomic E-state index is 0.0397. The van der Waals surface area contributed by atoms with Crippen molar-refractivity contribution in [3.8, 4) is 0 Å². The molecular formula is C15H19NO3. The maximum absolute atomic E-state index is 12.0. The third-order valence-corrected chi connectivity index (χ3v) is 3.84. The largest absolute Gasteiger partial charge is 0.481 e. The predicted molar refractivity (Wildman–Crippen MR) is 71.8 cm³/mol. The number of carboxylic acid groups (broad SMARTS) is 1. The van der Waals surface area contributed by atoms with Crippen molar-refractivity contribution < 1.29 is 14.7 Å². The molecule has 1 aromatic carbocycles. The average Bonchev–Trinajstić information content (AvgIpc) is 3.07. The fraction of sp³-hybridized carbons (Fsp3) is 0.467. The summed E-state index contributed by atoms with van der Waals surface area (Å²) in [7, 11) is 0. The van der Waals surface area contributed by atoms with Crippen molar-refractivity contribution in [2.24, 2.45) is 0 Å². The molecule has 0 saturated heterocycles. The highest BCUT2D eigenvalue weighted by Gasteiger charge is 2.42. The van der Waals surface area contributed by atoms with E-state index in [0.717, 1.165) is 12.8 Å². The summed E-state index contributed by atoms with van der Waals surface area (Å²) in [5, 5.41) is 12.4. The van der Waals surface area contributed by atoms with Gasteiger partial charge in [-0.25, -0.2) is 0 Å². The van der Waals surface area contributed by atoms with E-state index < -0.39 is 11.4 Å². The number of hydrogen-bond acceptors (Lipinski definition) is 2.